The van der Waals surface area contributed by atoms with E-state index in [2.05, 4.69) is 10.4 Å². The van der Waals surface area contributed by atoms with Crippen LogP contribution in [0.25, 0.3) is 0 Å². The molecule has 0 aliphatic heterocycles. The molecule has 0 saturated carbocycles. The van der Waals surface area contributed by atoms with Gasteiger partial charge in [0.05, 0.1) is 18.8 Å². The van der Waals surface area contributed by atoms with E-state index in [4.69, 9.17) is 9.84 Å². The normalized spacial score (nSPS) is 13.3. The lowest BCUT2D eigenvalue weighted by atomic mass is 10.1. The van der Waals surface area contributed by atoms with Crippen molar-refractivity contribution in [1.82, 2.24) is 15.1 Å². The number of carbonyl (C=O) groups excluding carboxylic acids is 1. The smallest absolute Gasteiger partial charge is 0.323 e. The molecule has 0 aliphatic rings. The van der Waals surface area contributed by atoms with Gasteiger partial charge in [-0.25, -0.2) is 0 Å². The zero-order valence-electron chi connectivity index (χ0n) is 13.9. The number of aliphatic hydroxyl groups excluding tert-OH is 1. The highest BCUT2D eigenvalue weighted by Crippen LogP contribution is 2.13. The van der Waals surface area contributed by atoms with Crippen molar-refractivity contribution in [2.45, 2.75) is 66.3 Å². The number of hydrogen-bond acceptors (Lipinski definition) is 5. The summed E-state index contributed by atoms with van der Waals surface area (Å²) in [6, 6.07) is -0.385. The van der Waals surface area contributed by atoms with Crippen molar-refractivity contribution < 1.29 is 14.6 Å². The molecule has 1 aromatic rings. The first-order chi connectivity index (χ1) is 9.65. The second-order valence-electron chi connectivity index (χ2n) is 6.23. The fourth-order valence-corrected chi connectivity index (χ4v) is 2.03. The van der Waals surface area contributed by atoms with Gasteiger partial charge in [0.1, 0.15) is 11.6 Å². The van der Waals surface area contributed by atoms with E-state index >= 15 is 0 Å². The fraction of sp³-hybridized carbons (Fsp3) is 0.733. The molecule has 0 radical (unpaired) electrons. The average molecular weight is 297 g/mol. The Labute approximate surface area is 126 Å². The minimum Gasteiger partial charge on any atom is -0.459 e. The molecule has 120 valence electrons. The van der Waals surface area contributed by atoms with Crippen molar-refractivity contribution in [2.24, 2.45) is 0 Å². The van der Waals surface area contributed by atoms with Crippen molar-refractivity contribution in [3.8, 4) is 0 Å². The Bertz CT molecular complexity index is 489. The SMILES string of the molecule is Cc1nn(CCO)c(C)c1CN[C@H](C)C(=O)OC(C)(C)C. The van der Waals surface area contributed by atoms with Crippen LogP contribution in [0.2, 0.25) is 0 Å². The first kappa shape index (κ1) is 17.7. The van der Waals surface area contributed by atoms with Crippen molar-refractivity contribution in [1.29, 1.82) is 0 Å². The van der Waals surface area contributed by atoms with E-state index in [9.17, 15) is 4.79 Å². The van der Waals surface area contributed by atoms with Crippen LogP contribution in [0.4, 0.5) is 0 Å². The molecule has 6 nitrogen and oxygen atoms in total. The minimum atomic E-state index is -0.481. The number of carbonyl (C=O) groups is 1. The lowest BCUT2D eigenvalue weighted by Gasteiger charge is -2.22. The highest BCUT2D eigenvalue weighted by molar-refractivity contribution is 5.75. The van der Waals surface area contributed by atoms with E-state index in [0.29, 0.717) is 13.1 Å². The number of rotatable bonds is 6. The molecule has 6 heteroatoms. The van der Waals surface area contributed by atoms with Crippen molar-refractivity contribution >= 4 is 5.97 Å². The molecule has 1 heterocycles. The Morgan fingerprint density at radius 2 is 2.05 bits per heavy atom. The summed E-state index contributed by atoms with van der Waals surface area (Å²) in [5.74, 6) is -0.263. The van der Waals surface area contributed by atoms with E-state index in [-0.39, 0.29) is 18.6 Å². The topological polar surface area (TPSA) is 76.4 Å². The molecule has 0 spiro atoms. The summed E-state index contributed by atoms with van der Waals surface area (Å²) in [5, 5.41) is 16.6. The van der Waals surface area contributed by atoms with Crippen LogP contribution >= 0.6 is 0 Å². The molecule has 0 unspecified atom stereocenters. The Kier molecular flexibility index (Phi) is 5.92. The third-order valence-corrected chi connectivity index (χ3v) is 3.19. The van der Waals surface area contributed by atoms with E-state index < -0.39 is 5.60 Å². The first-order valence-corrected chi connectivity index (χ1v) is 7.25. The number of nitrogens with one attached hydrogen (secondary N) is 1. The van der Waals surface area contributed by atoms with Crippen molar-refractivity contribution in [2.75, 3.05) is 6.61 Å². The minimum absolute atomic E-state index is 0.0587. The van der Waals surface area contributed by atoms with Crippen molar-refractivity contribution in [3.63, 3.8) is 0 Å². The Morgan fingerprint density at radius 3 is 2.57 bits per heavy atom. The molecule has 1 atom stereocenters. The second kappa shape index (κ2) is 7.04. The number of aryl methyl sites for hydroxylation is 1. The van der Waals surface area contributed by atoms with Gasteiger partial charge in [-0.1, -0.05) is 0 Å². The van der Waals surface area contributed by atoms with Crippen LogP contribution in [0.3, 0.4) is 0 Å². The third-order valence-electron chi connectivity index (χ3n) is 3.19. The molecule has 1 rings (SSSR count). The molecule has 0 amide bonds. The lowest BCUT2D eigenvalue weighted by Crippen LogP contribution is -2.39. The number of aliphatic hydroxyl groups is 1. The maximum atomic E-state index is 11.9. The summed E-state index contributed by atoms with van der Waals surface area (Å²) in [6.45, 7) is 12.3. The Hall–Kier alpha value is -1.40. The molecular formula is C15H27N3O3. The van der Waals surface area contributed by atoms with E-state index in [1.54, 1.807) is 11.6 Å². The van der Waals surface area contributed by atoms with Gasteiger partial charge in [-0.2, -0.15) is 5.10 Å². The molecule has 0 saturated heterocycles. The summed E-state index contributed by atoms with van der Waals surface area (Å²) >= 11 is 0. The van der Waals surface area contributed by atoms with Crippen LogP contribution in [0.15, 0.2) is 0 Å². The van der Waals surface area contributed by atoms with E-state index in [1.165, 1.54) is 0 Å². The highest BCUT2D eigenvalue weighted by atomic mass is 16.6. The number of esters is 1. The lowest BCUT2D eigenvalue weighted by molar-refractivity contribution is -0.157. The zero-order chi connectivity index (χ0) is 16.2. The highest BCUT2D eigenvalue weighted by Gasteiger charge is 2.22. The van der Waals surface area contributed by atoms with Crippen LogP contribution in [0, 0.1) is 13.8 Å². The third kappa shape index (κ3) is 5.13. The van der Waals surface area contributed by atoms with Gasteiger partial charge in [0, 0.05) is 17.8 Å². The Morgan fingerprint density at radius 1 is 1.43 bits per heavy atom. The number of nitrogens with zero attached hydrogens (tertiary/aromatic N) is 2. The summed E-state index contributed by atoms with van der Waals surface area (Å²) in [7, 11) is 0. The van der Waals surface area contributed by atoms with Gasteiger partial charge in [-0.15, -0.1) is 0 Å². The van der Waals surface area contributed by atoms with Crippen LogP contribution in [0.5, 0.6) is 0 Å². The maximum Gasteiger partial charge on any atom is 0.323 e. The van der Waals surface area contributed by atoms with Crippen LogP contribution in [0.1, 0.15) is 44.6 Å². The summed E-state index contributed by atoms with van der Waals surface area (Å²) in [5.41, 5.74) is 2.49. The molecule has 21 heavy (non-hydrogen) atoms. The molecule has 0 bridgehead atoms. The van der Waals surface area contributed by atoms with E-state index in [0.717, 1.165) is 17.0 Å². The van der Waals surface area contributed by atoms with Gasteiger partial charge < -0.3 is 15.2 Å². The van der Waals surface area contributed by atoms with Gasteiger partial charge in [0.15, 0.2) is 0 Å². The van der Waals surface area contributed by atoms with Crippen LogP contribution < -0.4 is 5.32 Å². The van der Waals surface area contributed by atoms with Crippen molar-refractivity contribution in [3.05, 3.63) is 17.0 Å². The maximum absolute atomic E-state index is 11.9. The van der Waals surface area contributed by atoms with Gasteiger partial charge in [0.2, 0.25) is 0 Å². The molecule has 2 N–H and O–H groups in total. The summed E-state index contributed by atoms with van der Waals surface area (Å²) in [4.78, 5) is 11.9. The van der Waals surface area contributed by atoms with Gasteiger partial charge in [0.25, 0.3) is 0 Å². The summed E-state index contributed by atoms with van der Waals surface area (Å²) in [6.07, 6.45) is 0. The molecular weight excluding hydrogens is 270 g/mol. The second-order valence-corrected chi connectivity index (χ2v) is 6.23. The molecule has 0 aromatic carbocycles. The first-order valence-electron chi connectivity index (χ1n) is 7.25. The molecule has 1 aromatic heterocycles. The molecule has 0 fully saturated rings. The predicted molar refractivity (Wildman–Crippen MR) is 80.9 cm³/mol. The number of aromatic nitrogens is 2. The zero-order valence-corrected chi connectivity index (χ0v) is 13.9. The largest absolute Gasteiger partial charge is 0.459 e. The quantitative estimate of drug-likeness (QED) is 0.774. The standard InChI is InChI=1S/C15H27N3O3/c1-10-13(12(3)18(17-10)7-8-19)9-16-11(2)14(20)21-15(4,5)6/h11,16,19H,7-9H2,1-6H3/t11-/m1/s1. The molecule has 0 aliphatic carbocycles. The van der Waals surface area contributed by atoms with Gasteiger partial charge in [-0.3, -0.25) is 9.48 Å². The Balaban J connectivity index is 2.65. The van der Waals surface area contributed by atoms with Gasteiger partial charge >= 0.3 is 5.97 Å². The number of ether oxygens (including phenoxy) is 1. The predicted octanol–water partition coefficient (Wildman–Crippen LogP) is 1.31. The monoisotopic (exact) mass is 297 g/mol. The number of hydrogen-bond donors (Lipinski definition) is 2. The van der Waals surface area contributed by atoms with Crippen LogP contribution in [-0.4, -0.2) is 39.1 Å². The van der Waals surface area contributed by atoms with Gasteiger partial charge in [-0.05, 0) is 41.5 Å². The van der Waals surface area contributed by atoms with Crippen LogP contribution in [-0.2, 0) is 22.6 Å². The average Bonchev–Trinajstić information content (AvgIpc) is 2.60. The fourth-order valence-electron chi connectivity index (χ4n) is 2.03. The van der Waals surface area contributed by atoms with E-state index in [1.807, 2.05) is 34.6 Å². The summed E-state index contributed by atoms with van der Waals surface area (Å²) < 4.78 is 7.12.